The minimum atomic E-state index is -0.685. The van der Waals surface area contributed by atoms with Crippen LogP contribution in [0.3, 0.4) is 0 Å². The quantitative estimate of drug-likeness (QED) is 0.364. The third kappa shape index (κ3) is 13.3. The number of hydrogen-bond donors (Lipinski definition) is 1. The molecule has 0 spiro atoms. The molecule has 3 heteroatoms. The topological polar surface area (TPSA) is 54.4 Å². The Hall–Kier alpha value is -1.12. The predicted octanol–water partition coefficient (Wildman–Crippen LogP) is 4.90. The van der Waals surface area contributed by atoms with Crippen molar-refractivity contribution in [2.24, 2.45) is 0 Å². The second-order valence-corrected chi connectivity index (χ2v) is 5.63. The fourth-order valence-corrected chi connectivity index (χ4v) is 2.19. The number of carboxylic acids is 1. The van der Waals surface area contributed by atoms with Gasteiger partial charge in [-0.25, -0.2) is 0 Å². The van der Waals surface area contributed by atoms with Crippen molar-refractivity contribution in [3.8, 4) is 0 Å². The molecule has 0 rings (SSSR count). The Morgan fingerprint density at radius 3 is 1.45 bits per heavy atom. The van der Waals surface area contributed by atoms with Crippen LogP contribution in [0.2, 0.25) is 0 Å². The van der Waals surface area contributed by atoms with Gasteiger partial charge in [0.05, 0.1) is 0 Å². The average molecular weight is 282 g/mol. The number of ketones is 1. The van der Waals surface area contributed by atoms with E-state index in [1.807, 2.05) is 0 Å². The Morgan fingerprint density at radius 1 is 0.750 bits per heavy atom. The van der Waals surface area contributed by atoms with Crippen LogP contribution in [-0.4, -0.2) is 16.9 Å². The number of allylic oxidation sites excluding steroid dienone is 1. The standard InChI is InChI=1S/C17H30O3/c1-15(2)16(18)13-11-9-7-5-3-4-6-8-10-12-14-17(19)20/h1,3-14H2,2H3,(H,19,20). The molecular formula is C17H30O3. The number of aliphatic carboxylic acids is 1. The maximum absolute atomic E-state index is 11.3. The van der Waals surface area contributed by atoms with Crippen LogP contribution in [0, 0.1) is 0 Å². The van der Waals surface area contributed by atoms with Crippen molar-refractivity contribution in [1.82, 2.24) is 0 Å². The lowest BCUT2D eigenvalue weighted by Crippen LogP contribution is -1.97. The molecule has 0 saturated carbocycles. The van der Waals surface area contributed by atoms with Crippen LogP contribution in [0.15, 0.2) is 12.2 Å². The summed E-state index contributed by atoms with van der Waals surface area (Å²) < 4.78 is 0. The first-order valence-corrected chi connectivity index (χ1v) is 7.94. The van der Waals surface area contributed by atoms with E-state index in [-0.39, 0.29) is 5.78 Å². The summed E-state index contributed by atoms with van der Waals surface area (Å²) in [6.07, 6.45) is 12.3. The summed E-state index contributed by atoms with van der Waals surface area (Å²) in [5.41, 5.74) is 0.674. The van der Waals surface area contributed by atoms with Crippen molar-refractivity contribution >= 4 is 11.8 Å². The first-order chi connectivity index (χ1) is 9.54. The molecule has 0 aliphatic carbocycles. The van der Waals surface area contributed by atoms with Gasteiger partial charge in [-0.2, -0.15) is 0 Å². The van der Waals surface area contributed by atoms with E-state index in [1.54, 1.807) is 6.92 Å². The first-order valence-electron chi connectivity index (χ1n) is 7.94. The van der Waals surface area contributed by atoms with Crippen molar-refractivity contribution in [2.45, 2.75) is 84.0 Å². The summed E-state index contributed by atoms with van der Waals surface area (Å²) in [7, 11) is 0. The van der Waals surface area contributed by atoms with E-state index in [1.165, 1.54) is 32.1 Å². The molecule has 0 aromatic carbocycles. The van der Waals surface area contributed by atoms with Gasteiger partial charge in [-0.15, -0.1) is 0 Å². The van der Waals surface area contributed by atoms with Gasteiger partial charge in [0.25, 0.3) is 0 Å². The zero-order valence-electron chi connectivity index (χ0n) is 13.0. The van der Waals surface area contributed by atoms with Gasteiger partial charge >= 0.3 is 5.97 Å². The zero-order valence-corrected chi connectivity index (χ0v) is 13.0. The summed E-state index contributed by atoms with van der Waals surface area (Å²) in [5.74, 6) is -0.485. The number of Topliss-reactive ketones (excluding diaryl/α,β-unsaturated/α-hetero) is 1. The Labute approximate surface area is 123 Å². The molecule has 20 heavy (non-hydrogen) atoms. The summed E-state index contributed by atoms with van der Waals surface area (Å²) in [6, 6.07) is 0. The minimum Gasteiger partial charge on any atom is -0.481 e. The molecule has 0 fully saturated rings. The second kappa shape index (κ2) is 12.9. The molecule has 0 bridgehead atoms. The van der Waals surface area contributed by atoms with Gasteiger partial charge in [-0.05, 0) is 25.3 Å². The molecule has 0 aromatic rings. The van der Waals surface area contributed by atoms with E-state index in [4.69, 9.17) is 5.11 Å². The largest absolute Gasteiger partial charge is 0.481 e. The van der Waals surface area contributed by atoms with E-state index in [0.29, 0.717) is 18.4 Å². The van der Waals surface area contributed by atoms with Crippen LogP contribution in [0.25, 0.3) is 0 Å². The minimum absolute atomic E-state index is 0.200. The Kier molecular flexibility index (Phi) is 12.2. The Morgan fingerprint density at radius 2 is 1.10 bits per heavy atom. The molecule has 0 saturated heterocycles. The number of unbranched alkanes of at least 4 members (excludes halogenated alkanes) is 9. The zero-order chi connectivity index (χ0) is 15.2. The predicted molar refractivity (Wildman–Crippen MR) is 82.9 cm³/mol. The fraction of sp³-hybridized carbons (Fsp3) is 0.765. The van der Waals surface area contributed by atoms with Crippen molar-refractivity contribution in [1.29, 1.82) is 0 Å². The van der Waals surface area contributed by atoms with Crippen molar-refractivity contribution < 1.29 is 14.7 Å². The van der Waals surface area contributed by atoms with E-state index in [2.05, 4.69) is 6.58 Å². The van der Waals surface area contributed by atoms with E-state index in [9.17, 15) is 9.59 Å². The van der Waals surface area contributed by atoms with Crippen LogP contribution in [0.1, 0.15) is 84.0 Å². The lowest BCUT2D eigenvalue weighted by molar-refractivity contribution is -0.137. The fourth-order valence-electron chi connectivity index (χ4n) is 2.19. The molecule has 0 heterocycles. The Bertz CT molecular complexity index is 295. The molecule has 0 atom stereocenters. The maximum Gasteiger partial charge on any atom is 0.303 e. The van der Waals surface area contributed by atoms with Crippen LogP contribution < -0.4 is 0 Å². The SMILES string of the molecule is C=C(C)C(=O)CCCCCCCCCCCCC(=O)O. The van der Waals surface area contributed by atoms with Gasteiger partial charge in [0.1, 0.15) is 0 Å². The van der Waals surface area contributed by atoms with Crippen molar-refractivity contribution in [3.05, 3.63) is 12.2 Å². The second-order valence-electron chi connectivity index (χ2n) is 5.63. The first kappa shape index (κ1) is 18.9. The van der Waals surface area contributed by atoms with Crippen molar-refractivity contribution in [2.75, 3.05) is 0 Å². The van der Waals surface area contributed by atoms with Gasteiger partial charge in [-0.3, -0.25) is 9.59 Å². The molecular weight excluding hydrogens is 252 g/mol. The van der Waals surface area contributed by atoms with Crippen LogP contribution in [-0.2, 0) is 9.59 Å². The molecule has 0 unspecified atom stereocenters. The third-order valence-corrected chi connectivity index (χ3v) is 3.52. The van der Waals surface area contributed by atoms with Gasteiger partial charge in [-0.1, -0.05) is 57.9 Å². The molecule has 0 aliphatic rings. The number of rotatable bonds is 14. The highest BCUT2D eigenvalue weighted by atomic mass is 16.4. The smallest absolute Gasteiger partial charge is 0.303 e. The number of carboxylic acid groups (broad SMARTS) is 1. The number of carbonyl (C=O) groups is 2. The van der Waals surface area contributed by atoms with Gasteiger partial charge < -0.3 is 5.11 Å². The van der Waals surface area contributed by atoms with Gasteiger partial charge in [0, 0.05) is 12.8 Å². The maximum atomic E-state index is 11.3. The molecule has 1 N–H and O–H groups in total. The van der Waals surface area contributed by atoms with Crippen molar-refractivity contribution in [3.63, 3.8) is 0 Å². The molecule has 0 aromatic heterocycles. The summed E-state index contributed by atoms with van der Waals surface area (Å²) in [5, 5.41) is 8.50. The monoisotopic (exact) mass is 282 g/mol. The third-order valence-electron chi connectivity index (χ3n) is 3.52. The van der Waals surface area contributed by atoms with E-state index in [0.717, 1.165) is 32.1 Å². The lowest BCUT2D eigenvalue weighted by atomic mass is 10.0. The van der Waals surface area contributed by atoms with Gasteiger partial charge in [0.2, 0.25) is 0 Å². The Balaban J connectivity index is 3.12. The van der Waals surface area contributed by atoms with Crippen LogP contribution in [0.4, 0.5) is 0 Å². The average Bonchev–Trinajstić information content (AvgIpc) is 2.39. The number of carbonyl (C=O) groups excluding carboxylic acids is 1. The summed E-state index contributed by atoms with van der Waals surface area (Å²) in [6.45, 7) is 5.43. The molecule has 116 valence electrons. The highest BCUT2D eigenvalue weighted by Gasteiger charge is 2.01. The molecule has 3 nitrogen and oxygen atoms in total. The number of hydrogen-bond acceptors (Lipinski definition) is 2. The van der Waals surface area contributed by atoms with E-state index < -0.39 is 5.97 Å². The highest BCUT2D eigenvalue weighted by molar-refractivity contribution is 5.93. The molecule has 0 aliphatic heterocycles. The molecule has 0 amide bonds. The summed E-state index contributed by atoms with van der Waals surface area (Å²) in [4.78, 5) is 21.6. The summed E-state index contributed by atoms with van der Waals surface area (Å²) >= 11 is 0. The normalized spacial score (nSPS) is 10.4. The highest BCUT2D eigenvalue weighted by Crippen LogP contribution is 2.12. The van der Waals surface area contributed by atoms with Crippen LogP contribution in [0.5, 0.6) is 0 Å². The van der Waals surface area contributed by atoms with Crippen LogP contribution >= 0.6 is 0 Å². The lowest BCUT2D eigenvalue weighted by Gasteiger charge is -2.02. The van der Waals surface area contributed by atoms with E-state index >= 15 is 0 Å². The molecule has 0 radical (unpaired) electrons. The van der Waals surface area contributed by atoms with Gasteiger partial charge in [0.15, 0.2) is 5.78 Å².